The van der Waals surface area contributed by atoms with E-state index in [0.29, 0.717) is 23.8 Å². The molecule has 1 aliphatic heterocycles. The molecule has 1 aliphatic carbocycles. The predicted molar refractivity (Wildman–Crippen MR) is 108 cm³/mol. The highest BCUT2D eigenvalue weighted by Gasteiger charge is 2.26. The number of hydrogen-bond donors (Lipinski definition) is 4. The first-order valence-electron chi connectivity index (χ1n) is 9.27. The fourth-order valence-electron chi connectivity index (χ4n) is 3.21. The molecular formula is C19H20N6O2S. The normalized spacial score (nSPS) is 20.7. The minimum atomic E-state index is -0.830. The highest BCUT2D eigenvalue weighted by atomic mass is 32.1. The molecule has 8 nitrogen and oxygen atoms in total. The average molecular weight is 396 g/mol. The van der Waals surface area contributed by atoms with Gasteiger partial charge >= 0.3 is 0 Å². The summed E-state index contributed by atoms with van der Waals surface area (Å²) in [5.41, 5.74) is 1.94. The van der Waals surface area contributed by atoms with Gasteiger partial charge in [-0.1, -0.05) is 6.07 Å². The molecule has 2 aliphatic rings. The molecule has 9 heteroatoms. The van der Waals surface area contributed by atoms with Crippen LogP contribution in [0.15, 0.2) is 35.3 Å². The average Bonchev–Trinajstić information content (AvgIpc) is 3.05. The number of thiophene rings is 1. The van der Waals surface area contributed by atoms with Gasteiger partial charge in [0, 0.05) is 34.5 Å². The Hall–Kier alpha value is -2.91. The Bertz CT molecular complexity index is 1050. The van der Waals surface area contributed by atoms with Crippen molar-refractivity contribution in [1.29, 1.82) is 0 Å². The van der Waals surface area contributed by atoms with Crippen LogP contribution in [0.2, 0.25) is 0 Å². The third-order valence-corrected chi connectivity index (χ3v) is 5.66. The van der Waals surface area contributed by atoms with Crippen LogP contribution in [0.1, 0.15) is 29.7 Å². The molecule has 4 heterocycles. The van der Waals surface area contributed by atoms with E-state index in [-0.39, 0.29) is 12.3 Å². The zero-order chi connectivity index (χ0) is 19.1. The van der Waals surface area contributed by atoms with Crippen molar-refractivity contribution in [1.82, 2.24) is 19.9 Å². The van der Waals surface area contributed by atoms with E-state index >= 15 is 0 Å². The molecule has 0 aromatic carbocycles. The van der Waals surface area contributed by atoms with E-state index in [0.717, 1.165) is 30.0 Å². The Morgan fingerprint density at radius 3 is 3.04 bits per heavy atom. The standard InChI is InChI=1S/C19H20N6O2S/c26-17-7-11(19(27)24-17)6-12-9-21-25-16(22-13-3-4-13)8-15(23-18(12)25)20-10-14-2-1-5-28-14/h1-2,5-6,8-9,13,17,22,26H,3-4,7,10H2,(H,20,23)(H,24,27)/b11-6+. The number of aliphatic hydroxyl groups is 1. The number of fused-ring (bicyclic) bond motifs is 1. The Kier molecular flexibility index (Phi) is 4.25. The lowest BCUT2D eigenvalue weighted by atomic mass is 10.1. The molecule has 144 valence electrons. The van der Waals surface area contributed by atoms with Gasteiger partial charge in [-0.25, -0.2) is 4.98 Å². The summed E-state index contributed by atoms with van der Waals surface area (Å²) in [6.45, 7) is 0.697. The van der Waals surface area contributed by atoms with E-state index in [1.54, 1.807) is 28.1 Å². The van der Waals surface area contributed by atoms with Crippen LogP contribution in [0.25, 0.3) is 11.7 Å². The van der Waals surface area contributed by atoms with E-state index in [1.165, 1.54) is 4.88 Å². The van der Waals surface area contributed by atoms with Gasteiger partial charge in [0.15, 0.2) is 5.65 Å². The summed E-state index contributed by atoms with van der Waals surface area (Å²) in [6, 6.07) is 6.55. The van der Waals surface area contributed by atoms with Crippen molar-refractivity contribution >= 4 is 40.6 Å². The second-order valence-electron chi connectivity index (χ2n) is 7.08. The van der Waals surface area contributed by atoms with Crippen LogP contribution in [0.3, 0.4) is 0 Å². The first-order valence-corrected chi connectivity index (χ1v) is 10.1. The second kappa shape index (κ2) is 6.92. The molecule has 3 aromatic rings. The van der Waals surface area contributed by atoms with Crippen LogP contribution in [0, 0.1) is 0 Å². The van der Waals surface area contributed by atoms with Crippen molar-refractivity contribution in [3.05, 3.63) is 45.8 Å². The molecule has 0 radical (unpaired) electrons. The summed E-state index contributed by atoms with van der Waals surface area (Å²) in [7, 11) is 0. The Labute approximate surface area is 165 Å². The second-order valence-corrected chi connectivity index (χ2v) is 8.11. The number of anilines is 2. The molecule has 1 amide bonds. The van der Waals surface area contributed by atoms with Gasteiger partial charge in [0.2, 0.25) is 5.91 Å². The van der Waals surface area contributed by atoms with Gasteiger partial charge in [0.25, 0.3) is 0 Å². The van der Waals surface area contributed by atoms with Crippen molar-refractivity contribution in [3.8, 4) is 0 Å². The third kappa shape index (κ3) is 3.46. The van der Waals surface area contributed by atoms with E-state index < -0.39 is 6.23 Å². The zero-order valence-electron chi connectivity index (χ0n) is 15.1. The number of aliphatic hydroxyl groups excluding tert-OH is 1. The summed E-state index contributed by atoms with van der Waals surface area (Å²) >= 11 is 1.70. The molecule has 0 spiro atoms. The van der Waals surface area contributed by atoms with Crippen molar-refractivity contribution in [2.75, 3.05) is 10.6 Å². The van der Waals surface area contributed by atoms with Crippen LogP contribution in [0.5, 0.6) is 0 Å². The molecular weight excluding hydrogens is 376 g/mol. The molecule has 1 atom stereocenters. The molecule has 1 unspecified atom stereocenters. The summed E-state index contributed by atoms with van der Waals surface area (Å²) in [4.78, 5) is 17.9. The predicted octanol–water partition coefficient (Wildman–Crippen LogP) is 2.20. The number of nitrogens with zero attached hydrogens (tertiary/aromatic N) is 3. The van der Waals surface area contributed by atoms with Crippen molar-refractivity contribution in [3.63, 3.8) is 0 Å². The van der Waals surface area contributed by atoms with Gasteiger partial charge < -0.3 is 21.1 Å². The van der Waals surface area contributed by atoms with Gasteiger partial charge in [-0.15, -0.1) is 11.3 Å². The molecule has 1 saturated heterocycles. The van der Waals surface area contributed by atoms with Crippen LogP contribution in [-0.2, 0) is 11.3 Å². The minimum absolute atomic E-state index is 0.254. The summed E-state index contributed by atoms with van der Waals surface area (Å²) in [5.74, 6) is 1.37. The van der Waals surface area contributed by atoms with Crippen LogP contribution < -0.4 is 16.0 Å². The highest BCUT2D eigenvalue weighted by molar-refractivity contribution is 7.09. The summed E-state index contributed by atoms with van der Waals surface area (Å²) < 4.78 is 1.77. The molecule has 1 saturated carbocycles. The highest BCUT2D eigenvalue weighted by Crippen LogP contribution is 2.28. The Morgan fingerprint density at radius 1 is 1.43 bits per heavy atom. The molecule has 2 fully saturated rings. The molecule has 5 rings (SSSR count). The lowest BCUT2D eigenvalue weighted by Gasteiger charge is -2.11. The zero-order valence-corrected chi connectivity index (χ0v) is 15.9. The summed E-state index contributed by atoms with van der Waals surface area (Å²) in [6.07, 6.45) is 5.21. The first kappa shape index (κ1) is 17.2. The largest absolute Gasteiger partial charge is 0.373 e. The van der Waals surface area contributed by atoms with Crippen LogP contribution in [-0.4, -0.2) is 37.9 Å². The Balaban J connectivity index is 1.51. The number of nitrogens with one attached hydrogen (secondary N) is 3. The van der Waals surface area contributed by atoms with Crippen LogP contribution in [0.4, 0.5) is 11.6 Å². The van der Waals surface area contributed by atoms with Gasteiger partial charge in [0.1, 0.15) is 17.9 Å². The maximum absolute atomic E-state index is 12.0. The van der Waals surface area contributed by atoms with E-state index in [2.05, 4.69) is 32.5 Å². The molecule has 3 aromatic heterocycles. The maximum atomic E-state index is 12.0. The van der Waals surface area contributed by atoms with E-state index in [9.17, 15) is 9.90 Å². The number of hydrogen-bond acceptors (Lipinski definition) is 7. The fraction of sp³-hybridized carbons (Fsp3) is 0.316. The Morgan fingerprint density at radius 2 is 2.32 bits per heavy atom. The van der Waals surface area contributed by atoms with Gasteiger partial charge in [-0.05, 0) is 30.4 Å². The minimum Gasteiger partial charge on any atom is -0.373 e. The third-order valence-electron chi connectivity index (χ3n) is 4.78. The topological polar surface area (TPSA) is 104 Å². The van der Waals surface area contributed by atoms with E-state index in [4.69, 9.17) is 4.98 Å². The number of carbonyl (C=O) groups is 1. The van der Waals surface area contributed by atoms with Crippen molar-refractivity contribution in [2.45, 2.75) is 38.1 Å². The SMILES string of the molecule is O=C1NC(O)C/C1=C\c1cnn2c(NC3CC3)cc(NCc3cccs3)nc12. The molecule has 28 heavy (non-hydrogen) atoms. The number of aromatic nitrogens is 3. The fourth-order valence-corrected chi connectivity index (χ4v) is 3.86. The lowest BCUT2D eigenvalue weighted by molar-refractivity contribution is -0.117. The maximum Gasteiger partial charge on any atom is 0.249 e. The number of carbonyl (C=O) groups excluding carboxylic acids is 1. The summed E-state index contributed by atoms with van der Waals surface area (Å²) in [5, 5.41) is 25.5. The van der Waals surface area contributed by atoms with Crippen LogP contribution >= 0.6 is 11.3 Å². The molecule has 0 bridgehead atoms. The number of rotatable bonds is 6. The quantitative estimate of drug-likeness (QED) is 0.476. The number of amides is 1. The van der Waals surface area contributed by atoms with Gasteiger partial charge in [-0.2, -0.15) is 9.61 Å². The lowest BCUT2D eigenvalue weighted by Crippen LogP contribution is -2.24. The molecule has 4 N–H and O–H groups in total. The smallest absolute Gasteiger partial charge is 0.249 e. The monoisotopic (exact) mass is 396 g/mol. The van der Waals surface area contributed by atoms with Gasteiger partial charge in [0.05, 0.1) is 12.7 Å². The van der Waals surface area contributed by atoms with Crippen molar-refractivity contribution < 1.29 is 9.90 Å². The van der Waals surface area contributed by atoms with E-state index in [1.807, 2.05) is 12.1 Å². The van der Waals surface area contributed by atoms with Gasteiger partial charge in [-0.3, -0.25) is 4.79 Å². The van der Waals surface area contributed by atoms with Crippen molar-refractivity contribution in [2.24, 2.45) is 0 Å². The first-order chi connectivity index (χ1) is 13.7.